The summed E-state index contributed by atoms with van der Waals surface area (Å²) < 4.78 is 5.70. The van der Waals surface area contributed by atoms with Crippen LogP contribution in [0.15, 0.2) is 82.2 Å². The van der Waals surface area contributed by atoms with E-state index in [1.54, 1.807) is 11.8 Å². The Labute approximate surface area is 204 Å². The lowest BCUT2D eigenvalue weighted by molar-refractivity contribution is -0.132. The molecule has 1 amide bonds. The molecule has 3 aromatic rings. The van der Waals surface area contributed by atoms with Gasteiger partial charge in [-0.05, 0) is 11.1 Å². The lowest BCUT2D eigenvalue weighted by Gasteiger charge is -2.40. The van der Waals surface area contributed by atoms with Crippen molar-refractivity contribution in [3.8, 4) is 0 Å². The van der Waals surface area contributed by atoms with Crippen LogP contribution < -0.4 is 10.7 Å². The Morgan fingerprint density at radius 2 is 1.62 bits per heavy atom. The first-order chi connectivity index (χ1) is 16.7. The van der Waals surface area contributed by atoms with E-state index in [9.17, 15) is 9.59 Å². The number of amides is 1. The van der Waals surface area contributed by atoms with Crippen molar-refractivity contribution in [3.05, 3.63) is 106 Å². The fraction of sp³-hybridized carbons (Fsp3) is 0.333. The van der Waals surface area contributed by atoms with Crippen LogP contribution in [0.25, 0.3) is 0 Å². The number of nitrogens with one attached hydrogen (secondary N) is 1. The van der Waals surface area contributed by atoms with Crippen molar-refractivity contribution in [1.82, 2.24) is 15.1 Å². The summed E-state index contributed by atoms with van der Waals surface area (Å²) >= 11 is 1.70. The van der Waals surface area contributed by atoms with Crippen LogP contribution in [0.5, 0.6) is 0 Å². The van der Waals surface area contributed by atoms with Crippen LogP contribution in [-0.2, 0) is 11.2 Å². The van der Waals surface area contributed by atoms with Crippen LogP contribution in [0.4, 0.5) is 0 Å². The van der Waals surface area contributed by atoms with Gasteiger partial charge in [-0.1, -0.05) is 60.7 Å². The van der Waals surface area contributed by atoms with Gasteiger partial charge in [0, 0.05) is 50.1 Å². The number of carbonyl (C=O) groups excluding carboxylic acids is 1. The van der Waals surface area contributed by atoms with Gasteiger partial charge in [0.05, 0.1) is 18.7 Å². The average Bonchev–Trinajstić information content (AvgIpc) is 3.42. The Balaban J connectivity index is 1.29. The van der Waals surface area contributed by atoms with Crippen molar-refractivity contribution < 1.29 is 9.21 Å². The van der Waals surface area contributed by atoms with Crippen LogP contribution >= 0.6 is 11.8 Å². The number of hydrogen-bond donors (Lipinski definition) is 1. The third kappa shape index (κ3) is 4.97. The molecule has 1 N–H and O–H groups in total. The zero-order chi connectivity index (χ0) is 23.3. The van der Waals surface area contributed by atoms with Crippen molar-refractivity contribution in [1.29, 1.82) is 0 Å². The van der Waals surface area contributed by atoms with Gasteiger partial charge in [-0.2, -0.15) is 0 Å². The molecule has 3 heterocycles. The highest BCUT2D eigenvalue weighted by atomic mass is 32.2. The van der Waals surface area contributed by atoms with Gasteiger partial charge in [0.1, 0.15) is 11.1 Å². The van der Waals surface area contributed by atoms with Crippen molar-refractivity contribution in [2.24, 2.45) is 0 Å². The van der Waals surface area contributed by atoms with Crippen molar-refractivity contribution >= 4 is 17.7 Å². The minimum atomic E-state index is -0.129. The fourth-order valence-electron chi connectivity index (χ4n) is 4.83. The molecule has 176 valence electrons. The number of rotatable bonds is 6. The lowest BCUT2D eigenvalue weighted by atomic mass is 9.96. The van der Waals surface area contributed by atoms with Crippen LogP contribution in [0.3, 0.4) is 0 Å². The van der Waals surface area contributed by atoms with Gasteiger partial charge in [-0.15, -0.1) is 11.8 Å². The maximum Gasteiger partial charge on any atom is 0.227 e. The fourth-order valence-corrected chi connectivity index (χ4v) is 5.88. The van der Waals surface area contributed by atoms with Crippen LogP contribution in [0, 0.1) is 0 Å². The Morgan fingerprint density at radius 1 is 0.971 bits per heavy atom. The summed E-state index contributed by atoms with van der Waals surface area (Å²) in [5.41, 5.74) is 2.85. The molecule has 2 aromatic carbocycles. The molecular formula is C27H29N3O3S. The van der Waals surface area contributed by atoms with E-state index in [1.165, 1.54) is 23.5 Å². The Bertz CT molecular complexity index is 1110. The summed E-state index contributed by atoms with van der Waals surface area (Å²) in [6.45, 7) is 3.69. The molecule has 2 saturated heterocycles. The van der Waals surface area contributed by atoms with E-state index in [1.807, 2.05) is 17.0 Å². The minimum Gasteiger partial charge on any atom is -0.466 e. The van der Waals surface area contributed by atoms with Gasteiger partial charge >= 0.3 is 0 Å². The second kappa shape index (κ2) is 10.6. The predicted molar refractivity (Wildman–Crippen MR) is 135 cm³/mol. The van der Waals surface area contributed by atoms with Gasteiger partial charge in [-0.3, -0.25) is 19.8 Å². The third-order valence-corrected chi connectivity index (χ3v) is 7.71. The van der Waals surface area contributed by atoms with E-state index >= 15 is 0 Å². The van der Waals surface area contributed by atoms with E-state index in [2.05, 4.69) is 58.7 Å². The number of nitrogens with zero attached hydrogens (tertiary/aromatic N) is 2. The van der Waals surface area contributed by atoms with Crippen molar-refractivity contribution in [2.45, 2.75) is 17.8 Å². The number of carbonyl (C=O) groups is 1. The number of piperazine rings is 1. The first-order valence-corrected chi connectivity index (χ1v) is 12.8. The van der Waals surface area contributed by atoms with Gasteiger partial charge in [0.15, 0.2) is 5.43 Å². The van der Waals surface area contributed by atoms with E-state index in [0.717, 1.165) is 25.4 Å². The normalized spacial score (nSPS) is 19.0. The largest absolute Gasteiger partial charge is 0.466 e. The molecule has 0 saturated carbocycles. The zero-order valence-corrected chi connectivity index (χ0v) is 19.9. The predicted octanol–water partition coefficient (Wildman–Crippen LogP) is 3.45. The second-order valence-electron chi connectivity index (χ2n) is 8.65. The highest BCUT2D eigenvalue weighted by Gasteiger charge is 2.30. The topological polar surface area (TPSA) is 65.8 Å². The molecule has 2 fully saturated rings. The molecule has 1 aromatic heterocycles. The molecule has 1 unspecified atom stereocenters. The van der Waals surface area contributed by atoms with Gasteiger partial charge < -0.3 is 9.32 Å². The number of thioether (sulfide) groups is 1. The molecular weight excluding hydrogens is 446 g/mol. The van der Waals surface area contributed by atoms with E-state index in [4.69, 9.17) is 4.42 Å². The Kier molecular flexibility index (Phi) is 7.13. The maximum absolute atomic E-state index is 13.2. The molecule has 2 aliphatic heterocycles. The smallest absolute Gasteiger partial charge is 0.227 e. The van der Waals surface area contributed by atoms with Crippen LogP contribution in [-0.4, -0.2) is 54.2 Å². The Morgan fingerprint density at radius 3 is 2.21 bits per heavy atom. The van der Waals surface area contributed by atoms with Crippen LogP contribution in [0.2, 0.25) is 0 Å². The van der Waals surface area contributed by atoms with Gasteiger partial charge in [0.2, 0.25) is 5.91 Å². The van der Waals surface area contributed by atoms with Crippen molar-refractivity contribution in [2.75, 3.05) is 38.5 Å². The molecule has 0 spiro atoms. The van der Waals surface area contributed by atoms with Crippen LogP contribution in [0.1, 0.15) is 33.9 Å². The monoisotopic (exact) mass is 475 g/mol. The first kappa shape index (κ1) is 22.9. The highest BCUT2D eigenvalue weighted by molar-refractivity contribution is 7.99. The van der Waals surface area contributed by atoms with E-state index < -0.39 is 0 Å². The summed E-state index contributed by atoms with van der Waals surface area (Å²) in [6, 6.07) is 22.6. The van der Waals surface area contributed by atoms with Crippen molar-refractivity contribution in [3.63, 3.8) is 0 Å². The summed E-state index contributed by atoms with van der Waals surface area (Å²) in [5.74, 6) is 1.54. The summed E-state index contributed by atoms with van der Waals surface area (Å²) in [7, 11) is 0. The first-order valence-electron chi connectivity index (χ1n) is 11.8. The third-order valence-electron chi connectivity index (χ3n) is 6.55. The molecule has 34 heavy (non-hydrogen) atoms. The van der Waals surface area contributed by atoms with Gasteiger partial charge in [-0.25, -0.2) is 0 Å². The molecule has 6 nitrogen and oxygen atoms in total. The maximum atomic E-state index is 13.2. The van der Waals surface area contributed by atoms with E-state index in [0.29, 0.717) is 24.4 Å². The average molecular weight is 476 g/mol. The zero-order valence-electron chi connectivity index (χ0n) is 19.1. The summed E-state index contributed by atoms with van der Waals surface area (Å²) in [5, 5.41) is 3.28. The summed E-state index contributed by atoms with van der Waals surface area (Å²) in [4.78, 5) is 30.1. The quantitative estimate of drug-likeness (QED) is 0.589. The number of benzene rings is 2. The lowest BCUT2D eigenvalue weighted by Crippen LogP contribution is -2.50. The molecule has 5 rings (SSSR count). The highest BCUT2D eigenvalue weighted by Crippen LogP contribution is 2.32. The molecule has 7 heteroatoms. The number of hydrogen-bond acceptors (Lipinski definition) is 6. The van der Waals surface area contributed by atoms with Gasteiger partial charge in [0.25, 0.3) is 0 Å². The molecule has 0 bridgehead atoms. The molecule has 2 aliphatic rings. The standard InChI is InChI=1S/C27H29N3O3S/c31-23-11-17-33-26(27-28-12-18-34-27)22(23)19-24(32)29-13-15-30(16-14-29)25(20-7-3-1-4-8-20)21-9-5-2-6-10-21/h1-11,17,25,27-28H,12-16,18-19H2. The van der Waals surface area contributed by atoms with E-state index in [-0.39, 0.29) is 29.2 Å². The SMILES string of the molecule is O=C(Cc1c(C2NCCS2)occc1=O)N1CCN(C(c2ccccc2)c2ccccc2)CC1. The summed E-state index contributed by atoms with van der Waals surface area (Å²) in [6.07, 6.45) is 1.51. The second-order valence-corrected chi connectivity index (χ2v) is 9.86. The molecule has 0 aliphatic carbocycles. The molecule has 0 radical (unpaired) electrons. The Hall–Kier alpha value is -2.87. The minimum absolute atomic E-state index is 0.0154. The molecule has 1 atom stereocenters.